The second-order valence-corrected chi connectivity index (χ2v) is 2.94. The molecule has 0 radical (unpaired) electrons. The van der Waals surface area contributed by atoms with Crippen LogP contribution in [0.1, 0.15) is 51.9 Å². The number of hydrogen-bond acceptors (Lipinski definition) is 1. The van der Waals surface area contributed by atoms with Gasteiger partial charge in [0.05, 0.1) is 6.26 Å². The van der Waals surface area contributed by atoms with E-state index in [2.05, 4.69) is 6.92 Å². The van der Waals surface area contributed by atoms with Crippen molar-refractivity contribution >= 4 is 0 Å². The summed E-state index contributed by atoms with van der Waals surface area (Å²) in [4.78, 5) is 0. The van der Waals surface area contributed by atoms with Crippen molar-refractivity contribution in [3.63, 3.8) is 0 Å². The largest absolute Gasteiger partial charge is 0.516 e. The summed E-state index contributed by atoms with van der Waals surface area (Å²) in [6.07, 6.45) is 11.9. The third-order valence-corrected chi connectivity index (χ3v) is 1.83. The Morgan fingerprint density at radius 2 is 1.64 bits per heavy atom. The van der Waals surface area contributed by atoms with Gasteiger partial charge in [-0.05, 0) is 12.8 Å². The van der Waals surface area contributed by atoms with Gasteiger partial charge in [0.1, 0.15) is 0 Å². The van der Waals surface area contributed by atoms with Crippen LogP contribution in [0.3, 0.4) is 0 Å². The first-order chi connectivity index (χ1) is 5.41. The van der Waals surface area contributed by atoms with E-state index in [4.69, 9.17) is 5.11 Å². The number of allylic oxidation sites excluding steroid dienone is 1. The predicted molar refractivity (Wildman–Crippen MR) is 49.8 cm³/mol. The highest BCUT2D eigenvalue weighted by molar-refractivity contribution is 4.70. The Labute approximate surface area is 70.1 Å². The SMILES string of the molecule is CCCCCCCCC=CO. The van der Waals surface area contributed by atoms with E-state index in [1.54, 1.807) is 0 Å². The molecule has 0 fully saturated rings. The predicted octanol–water partition coefficient (Wildman–Crippen LogP) is 3.81. The smallest absolute Gasteiger partial charge is 0.0751 e. The summed E-state index contributed by atoms with van der Waals surface area (Å²) in [6.45, 7) is 2.23. The average Bonchev–Trinajstić information content (AvgIpc) is 2.03. The minimum Gasteiger partial charge on any atom is -0.516 e. The lowest BCUT2D eigenvalue weighted by atomic mass is 10.1. The summed E-state index contributed by atoms with van der Waals surface area (Å²) >= 11 is 0. The molecular formula is C10H20O. The summed E-state index contributed by atoms with van der Waals surface area (Å²) in [5.41, 5.74) is 0. The Hall–Kier alpha value is -0.460. The van der Waals surface area contributed by atoms with E-state index < -0.39 is 0 Å². The fraction of sp³-hybridized carbons (Fsp3) is 0.800. The summed E-state index contributed by atoms with van der Waals surface area (Å²) in [5.74, 6) is 0. The number of rotatable bonds is 7. The van der Waals surface area contributed by atoms with Crippen LogP contribution in [0.15, 0.2) is 12.3 Å². The number of aliphatic hydroxyl groups excluding tert-OH is 1. The Bertz CT molecular complexity index is 86.9. The van der Waals surface area contributed by atoms with Crippen molar-refractivity contribution in [3.05, 3.63) is 12.3 Å². The Morgan fingerprint density at radius 3 is 2.27 bits per heavy atom. The zero-order valence-corrected chi connectivity index (χ0v) is 7.55. The van der Waals surface area contributed by atoms with E-state index in [0.717, 1.165) is 12.7 Å². The van der Waals surface area contributed by atoms with Gasteiger partial charge in [-0.1, -0.05) is 45.1 Å². The van der Waals surface area contributed by atoms with E-state index in [1.807, 2.05) is 6.08 Å². The summed E-state index contributed by atoms with van der Waals surface area (Å²) in [6, 6.07) is 0. The van der Waals surface area contributed by atoms with Crippen LogP contribution in [0.2, 0.25) is 0 Å². The molecule has 0 aromatic rings. The van der Waals surface area contributed by atoms with Crippen LogP contribution in [-0.2, 0) is 0 Å². The maximum absolute atomic E-state index is 8.33. The molecule has 0 bridgehead atoms. The van der Waals surface area contributed by atoms with Gasteiger partial charge < -0.3 is 5.11 Å². The Kier molecular flexibility index (Phi) is 9.14. The van der Waals surface area contributed by atoms with Crippen LogP contribution in [0.4, 0.5) is 0 Å². The normalized spacial score (nSPS) is 11.0. The average molecular weight is 156 g/mol. The first-order valence-electron chi connectivity index (χ1n) is 4.71. The standard InChI is InChI=1S/C10H20O/c1-2-3-4-5-6-7-8-9-10-11/h9-11H,2-8H2,1H3. The van der Waals surface area contributed by atoms with Gasteiger partial charge in [-0.2, -0.15) is 0 Å². The van der Waals surface area contributed by atoms with Crippen LogP contribution in [0.5, 0.6) is 0 Å². The number of hydrogen-bond donors (Lipinski definition) is 1. The summed E-state index contributed by atoms with van der Waals surface area (Å²) < 4.78 is 0. The highest BCUT2D eigenvalue weighted by atomic mass is 16.2. The first-order valence-corrected chi connectivity index (χ1v) is 4.71. The molecule has 0 amide bonds. The third kappa shape index (κ3) is 9.54. The van der Waals surface area contributed by atoms with Gasteiger partial charge in [0.15, 0.2) is 0 Å². The lowest BCUT2D eigenvalue weighted by Gasteiger charge is -1.96. The van der Waals surface area contributed by atoms with Crippen LogP contribution in [0, 0.1) is 0 Å². The lowest BCUT2D eigenvalue weighted by Crippen LogP contribution is -1.77. The van der Waals surface area contributed by atoms with Crippen LogP contribution in [-0.4, -0.2) is 5.11 Å². The van der Waals surface area contributed by atoms with Gasteiger partial charge >= 0.3 is 0 Å². The zero-order chi connectivity index (χ0) is 8.36. The summed E-state index contributed by atoms with van der Waals surface area (Å²) in [5, 5.41) is 8.33. The molecule has 0 saturated heterocycles. The Morgan fingerprint density at radius 1 is 1.00 bits per heavy atom. The van der Waals surface area contributed by atoms with Gasteiger partial charge in [0.2, 0.25) is 0 Å². The first kappa shape index (κ1) is 10.5. The molecule has 1 nitrogen and oxygen atoms in total. The molecule has 1 heteroatoms. The molecular weight excluding hydrogens is 136 g/mol. The van der Waals surface area contributed by atoms with Crippen molar-refractivity contribution in [2.45, 2.75) is 51.9 Å². The van der Waals surface area contributed by atoms with Crippen molar-refractivity contribution in [2.75, 3.05) is 0 Å². The molecule has 0 aromatic heterocycles. The van der Waals surface area contributed by atoms with Crippen molar-refractivity contribution in [1.29, 1.82) is 0 Å². The molecule has 1 N–H and O–H groups in total. The molecule has 66 valence electrons. The van der Waals surface area contributed by atoms with Crippen molar-refractivity contribution in [2.24, 2.45) is 0 Å². The van der Waals surface area contributed by atoms with E-state index in [1.165, 1.54) is 38.5 Å². The molecule has 0 aliphatic rings. The molecule has 0 aromatic carbocycles. The molecule has 11 heavy (non-hydrogen) atoms. The molecule has 0 unspecified atom stereocenters. The molecule has 0 rings (SSSR count). The second kappa shape index (κ2) is 9.54. The molecule has 0 aliphatic carbocycles. The maximum Gasteiger partial charge on any atom is 0.0751 e. The van der Waals surface area contributed by atoms with Crippen LogP contribution in [0.25, 0.3) is 0 Å². The summed E-state index contributed by atoms with van der Waals surface area (Å²) in [7, 11) is 0. The second-order valence-electron chi connectivity index (χ2n) is 2.94. The van der Waals surface area contributed by atoms with Gasteiger partial charge in [-0.25, -0.2) is 0 Å². The van der Waals surface area contributed by atoms with Crippen LogP contribution < -0.4 is 0 Å². The van der Waals surface area contributed by atoms with Gasteiger partial charge in [-0.15, -0.1) is 0 Å². The van der Waals surface area contributed by atoms with Gasteiger partial charge in [-0.3, -0.25) is 0 Å². The molecule has 0 saturated carbocycles. The molecule has 0 atom stereocenters. The number of unbranched alkanes of at least 4 members (excludes halogenated alkanes) is 6. The van der Waals surface area contributed by atoms with E-state index in [0.29, 0.717) is 0 Å². The molecule has 0 spiro atoms. The fourth-order valence-corrected chi connectivity index (χ4v) is 1.12. The highest BCUT2D eigenvalue weighted by Gasteiger charge is 1.87. The van der Waals surface area contributed by atoms with Crippen molar-refractivity contribution < 1.29 is 5.11 Å². The maximum atomic E-state index is 8.33. The lowest BCUT2D eigenvalue weighted by molar-refractivity contribution is 0.469. The zero-order valence-electron chi connectivity index (χ0n) is 7.55. The Balaban J connectivity index is 2.79. The van der Waals surface area contributed by atoms with E-state index in [-0.39, 0.29) is 0 Å². The minimum atomic E-state index is 1.03. The monoisotopic (exact) mass is 156 g/mol. The number of aliphatic hydroxyl groups is 1. The van der Waals surface area contributed by atoms with Gasteiger partial charge in [0, 0.05) is 0 Å². The van der Waals surface area contributed by atoms with E-state index >= 15 is 0 Å². The minimum absolute atomic E-state index is 1.03. The topological polar surface area (TPSA) is 20.2 Å². The molecule has 0 heterocycles. The third-order valence-electron chi connectivity index (χ3n) is 1.83. The van der Waals surface area contributed by atoms with E-state index in [9.17, 15) is 0 Å². The van der Waals surface area contributed by atoms with Crippen molar-refractivity contribution in [1.82, 2.24) is 0 Å². The fourth-order valence-electron chi connectivity index (χ4n) is 1.12. The molecule has 0 aliphatic heterocycles. The quantitative estimate of drug-likeness (QED) is 0.439. The van der Waals surface area contributed by atoms with Crippen LogP contribution >= 0.6 is 0 Å². The van der Waals surface area contributed by atoms with Crippen molar-refractivity contribution in [3.8, 4) is 0 Å². The van der Waals surface area contributed by atoms with Gasteiger partial charge in [0.25, 0.3) is 0 Å². The highest BCUT2D eigenvalue weighted by Crippen LogP contribution is 2.06.